The van der Waals surface area contributed by atoms with E-state index in [9.17, 15) is 5.11 Å². The molecule has 0 atom stereocenters. The number of aromatic hydroxyl groups is 1. The first-order valence-corrected chi connectivity index (χ1v) is 5.55. The Bertz CT molecular complexity index is 691. The third kappa shape index (κ3) is 1.85. The molecule has 84 valence electrons. The number of hydrogen-bond donors (Lipinski definition) is 2. The van der Waals surface area contributed by atoms with Crippen LogP contribution in [0, 0.1) is 0 Å². The van der Waals surface area contributed by atoms with E-state index in [1.165, 1.54) is 0 Å². The Balaban J connectivity index is 2.18. The van der Waals surface area contributed by atoms with Gasteiger partial charge in [-0.15, -0.1) is 0 Å². The van der Waals surface area contributed by atoms with E-state index in [-0.39, 0.29) is 5.75 Å². The second-order valence-corrected chi connectivity index (χ2v) is 4.23. The van der Waals surface area contributed by atoms with Crippen LogP contribution < -0.4 is 0 Å². The number of fused-ring (bicyclic) bond motifs is 1. The highest BCUT2D eigenvalue weighted by atomic mass is 35.5. The van der Waals surface area contributed by atoms with Gasteiger partial charge in [-0.1, -0.05) is 23.7 Å². The molecule has 1 aromatic heterocycles. The van der Waals surface area contributed by atoms with Gasteiger partial charge in [-0.3, -0.25) is 0 Å². The topological polar surface area (TPSA) is 48.9 Å². The highest BCUT2D eigenvalue weighted by Gasteiger charge is 2.05. The Morgan fingerprint density at radius 3 is 2.82 bits per heavy atom. The molecule has 2 aromatic carbocycles. The standard InChI is InChI=1S/C13H9ClN2O/c14-9-4-5-11-12(7-9)16-13(15-11)8-2-1-3-10(17)6-8/h1-7,17H,(H,15,16). The lowest BCUT2D eigenvalue weighted by Gasteiger charge is -1.96. The van der Waals surface area contributed by atoms with E-state index in [0.29, 0.717) is 5.02 Å². The zero-order valence-corrected chi connectivity index (χ0v) is 9.57. The smallest absolute Gasteiger partial charge is 0.138 e. The summed E-state index contributed by atoms with van der Waals surface area (Å²) >= 11 is 5.91. The first kappa shape index (κ1) is 10.2. The van der Waals surface area contributed by atoms with Crippen LogP contribution in [0.3, 0.4) is 0 Å². The molecule has 1 heterocycles. The SMILES string of the molecule is Oc1cccc(-c2nc3ccc(Cl)cc3[nH]2)c1. The van der Waals surface area contributed by atoms with Crippen molar-refractivity contribution in [3.63, 3.8) is 0 Å². The summed E-state index contributed by atoms with van der Waals surface area (Å²) < 4.78 is 0. The molecular weight excluding hydrogens is 236 g/mol. The van der Waals surface area contributed by atoms with Crippen molar-refractivity contribution in [2.45, 2.75) is 0 Å². The highest BCUT2D eigenvalue weighted by Crippen LogP contribution is 2.24. The Morgan fingerprint density at radius 1 is 1.12 bits per heavy atom. The van der Waals surface area contributed by atoms with Gasteiger partial charge in [0.1, 0.15) is 11.6 Å². The van der Waals surface area contributed by atoms with Gasteiger partial charge in [0.25, 0.3) is 0 Å². The Kier molecular flexibility index (Phi) is 2.27. The molecule has 3 nitrogen and oxygen atoms in total. The number of rotatable bonds is 1. The zero-order valence-electron chi connectivity index (χ0n) is 8.81. The van der Waals surface area contributed by atoms with Crippen LogP contribution in [0.1, 0.15) is 0 Å². The largest absolute Gasteiger partial charge is 0.508 e. The molecule has 0 bridgehead atoms. The van der Waals surface area contributed by atoms with Gasteiger partial charge in [0.2, 0.25) is 0 Å². The molecule has 0 aliphatic carbocycles. The van der Waals surface area contributed by atoms with Crippen molar-refractivity contribution in [3.05, 3.63) is 47.5 Å². The minimum atomic E-state index is 0.223. The Labute approximate surface area is 103 Å². The summed E-state index contributed by atoms with van der Waals surface area (Å²) in [6.07, 6.45) is 0. The average molecular weight is 245 g/mol. The van der Waals surface area contributed by atoms with E-state index in [0.717, 1.165) is 22.4 Å². The van der Waals surface area contributed by atoms with Crippen LogP contribution in [0.25, 0.3) is 22.4 Å². The number of phenols is 1. The molecule has 0 radical (unpaired) electrons. The van der Waals surface area contributed by atoms with Crippen LogP contribution in [-0.4, -0.2) is 15.1 Å². The predicted octanol–water partition coefficient (Wildman–Crippen LogP) is 3.59. The van der Waals surface area contributed by atoms with Crippen molar-refractivity contribution in [3.8, 4) is 17.1 Å². The third-order valence-corrected chi connectivity index (χ3v) is 2.80. The molecule has 17 heavy (non-hydrogen) atoms. The molecule has 2 N–H and O–H groups in total. The van der Waals surface area contributed by atoms with Crippen molar-refractivity contribution < 1.29 is 5.11 Å². The van der Waals surface area contributed by atoms with E-state index in [1.54, 1.807) is 24.3 Å². The summed E-state index contributed by atoms with van der Waals surface area (Å²) in [6, 6.07) is 12.5. The second kappa shape index (κ2) is 3.79. The molecule has 3 rings (SSSR count). The normalized spacial score (nSPS) is 10.9. The van der Waals surface area contributed by atoms with Gasteiger partial charge < -0.3 is 10.1 Å². The number of nitrogens with zero attached hydrogens (tertiary/aromatic N) is 1. The summed E-state index contributed by atoms with van der Waals surface area (Å²) in [5.74, 6) is 0.944. The van der Waals surface area contributed by atoms with Gasteiger partial charge in [0.15, 0.2) is 0 Å². The number of benzene rings is 2. The fourth-order valence-electron chi connectivity index (χ4n) is 1.77. The number of nitrogens with one attached hydrogen (secondary N) is 1. The summed E-state index contributed by atoms with van der Waals surface area (Å²) in [7, 11) is 0. The lowest BCUT2D eigenvalue weighted by atomic mass is 10.2. The van der Waals surface area contributed by atoms with E-state index in [4.69, 9.17) is 11.6 Å². The third-order valence-electron chi connectivity index (χ3n) is 2.56. The first-order chi connectivity index (χ1) is 8.22. The quantitative estimate of drug-likeness (QED) is 0.687. The molecule has 4 heteroatoms. The number of hydrogen-bond acceptors (Lipinski definition) is 2. The Morgan fingerprint density at radius 2 is 2.00 bits per heavy atom. The summed E-state index contributed by atoms with van der Waals surface area (Å²) in [4.78, 5) is 7.61. The maximum atomic E-state index is 9.43. The second-order valence-electron chi connectivity index (χ2n) is 3.80. The molecule has 0 aliphatic rings. The minimum Gasteiger partial charge on any atom is -0.508 e. The number of H-pyrrole nitrogens is 1. The molecule has 0 aliphatic heterocycles. The van der Waals surface area contributed by atoms with Gasteiger partial charge >= 0.3 is 0 Å². The van der Waals surface area contributed by atoms with Crippen molar-refractivity contribution in [1.29, 1.82) is 0 Å². The fourth-order valence-corrected chi connectivity index (χ4v) is 1.94. The predicted molar refractivity (Wildman–Crippen MR) is 68.2 cm³/mol. The van der Waals surface area contributed by atoms with E-state index < -0.39 is 0 Å². The number of aromatic nitrogens is 2. The maximum absolute atomic E-state index is 9.43. The zero-order chi connectivity index (χ0) is 11.8. The summed E-state index contributed by atoms with van der Waals surface area (Å²) in [6.45, 7) is 0. The van der Waals surface area contributed by atoms with E-state index in [2.05, 4.69) is 9.97 Å². The van der Waals surface area contributed by atoms with Crippen LogP contribution in [0.5, 0.6) is 5.75 Å². The molecule has 0 amide bonds. The van der Waals surface area contributed by atoms with E-state index in [1.807, 2.05) is 18.2 Å². The number of imidazole rings is 1. The number of halogens is 1. The van der Waals surface area contributed by atoms with Gasteiger partial charge in [0.05, 0.1) is 11.0 Å². The van der Waals surface area contributed by atoms with Crippen LogP contribution >= 0.6 is 11.6 Å². The Hall–Kier alpha value is -2.00. The van der Waals surface area contributed by atoms with Crippen molar-refractivity contribution in [1.82, 2.24) is 9.97 Å². The van der Waals surface area contributed by atoms with Gasteiger partial charge in [-0.05, 0) is 30.3 Å². The maximum Gasteiger partial charge on any atom is 0.138 e. The molecule has 0 unspecified atom stereocenters. The van der Waals surface area contributed by atoms with Crippen LogP contribution in [0.15, 0.2) is 42.5 Å². The number of aromatic amines is 1. The van der Waals surface area contributed by atoms with Crippen molar-refractivity contribution >= 4 is 22.6 Å². The first-order valence-electron chi connectivity index (χ1n) is 5.17. The van der Waals surface area contributed by atoms with Gasteiger partial charge in [-0.25, -0.2) is 4.98 Å². The highest BCUT2D eigenvalue weighted by molar-refractivity contribution is 6.31. The number of phenolic OH excluding ortho intramolecular Hbond substituents is 1. The average Bonchev–Trinajstić information content (AvgIpc) is 2.72. The molecule has 0 saturated carbocycles. The lowest BCUT2D eigenvalue weighted by molar-refractivity contribution is 0.475. The summed E-state index contributed by atoms with van der Waals surface area (Å²) in [5, 5.41) is 10.1. The van der Waals surface area contributed by atoms with E-state index >= 15 is 0 Å². The minimum absolute atomic E-state index is 0.223. The monoisotopic (exact) mass is 244 g/mol. The molecule has 0 saturated heterocycles. The van der Waals surface area contributed by atoms with Crippen LogP contribution in [0.2, 0.25) is 5.02 Å². The lowest BCUT2D eigenvalue weighted by Crippen LogP contribution is -1.78. The molecule has 3 aromatic rings. The van der Waals surface area contributed by atoms with Crippen molar-refractivity contribution in [2.75, 3.05) is 0 Å². The summed E-state index contributed by atoms with van der Waals surface area (Å²) in [5.41, 5.74) is 2.58. The fraction of sp³-hybridized carbons (Fsp3) is 0. The van der Waals surface area contributed by atoms with Gasteiger partial charge in [0, 0.05) is 10.6 Å². The van der Waals surface area contributed by atoms with Gasteiger partial charge in [-0.2, -0.15) is 0 Å². The van der Waals surface area contributed by atoms with Crippen LogP contribution in [0.4, 0.5) is 0 Å². The molecule has 0 spiro atoms. The van der Waals surface area contributed by atoms with Crippen LogP contribution in [-0.2, 0) is 0 Å². The molecule has 0 fully saturated rings. The molecular formula is C13H9ClN2O. The van der Waals surface area contributed by atoms with Crippen molar-refractivity contribution in [2.24, 2.45) is 0 Å².